The van der Waals surface area contributed by atoms with E-state index in [0.717, 1.165) is 0 Å². The van der Waals surface area contributed by atoms with Gasteiger partial charge in [0.15, 0.2) is 11.4 Å². The highest BCUT2D eigenvalue weighted by atomic mass is 16.5. The summed E-state index contributed by atoms with van der Waals surface area (Å²) in [6.07, 6.45) is 0. The quantitative estimate of drug-likeness (QED) is 0.718. The Morgan fingerprint density at radius 1 is 0.577 bits per heavy atom. The molecule has 0 saturated carbocycles. The lowest BCUT2D eigenvalue weighted by atomic mass is 9.94. The van der Waals surface area contributed by atoms with Gasteiger partial charge in [0.25, 0.3) is 13.5 Å². The molecule has 1 aromatic carbocycles. The van der Waals surface area contributed by atoms with E-state index < -0.39 is 0 Å². The monoisotopic (exact) mass is 358 g/mol. The van der Waals surface area contributed by atoms with E-state index in [1.807, 2.05) is 0 Å². The van der Waals surface area contributed by atoms with Crippen LogP contribution in [0.3, 0.4) is 0 Å². The molecule has 0 spiro atoms. The van der Waals surface area contributed by atoms with Gasteiger partial charge in [-0.05, 0) is 55.4 Å². The molecule has 0 bridgehead atoms. The third-order valence-corrected chi connectivity index (χ3v) is 6.75. The van der Waals surface area contributed by atoms with Crippen LogP contribution in [0.4, 0.5) is 11.4 Å². The van der Waals surface area contributed by atoms with Gasteiger partial charge in [0.1, 0.15) is 11.2 Å². The average molecular weight is 359 g/mol. The highest BCUT2D eigenvalue weighted by molar-refractivity contribution is 5.88. The van der Waals surface area contributed by atoms with Crippen LogP contribution in [-0.2, 0) is 9.47 Å². The lowest BCUT2D eigenvalue weighted by molar-refractivity contribution is -0.476. The summed E-state index contributed by atoms with van der Waals surface area (Å²) >= 11 is 0. The molecule has 4 nitrogen and oxygen atoms in total. The largest absolute Gasteiger partial charge is 0.306 e. The van der Waals surface area contributed by atoms with E-state index in [1.165, 1.54) is 45.1 Å². The van der Waals surface area contributed by atoms with E-state index in [9.17, 15) is 0 Å². The van der Waals surface area contributed by atoms with E-state index in [0.29, 0.717) is 13.5 Å². The van der Waals surface area contributed by atoms with Gasteiger partial charge in [0.2, 0.25) is 11.4 Å². The molecular weight excluding hydrogens is 324 g/mol. The van der Waals surface area contributed by atoms with Crippen LogP contribution in [0.2, 0.25) is 0 Å². The molecule has 0 N–H and O–H groups in total. The van der Waals surface area contributed by atoms with Crippen molar-refractivity contribution in [2.24, 2.45) is 0 Å². The van der Waals surface area contributed by atoms with E-state index in [-0.39, 0.29) is 11.2 Å². The predicted octanol–water partition coefficient (Wildman–Crippen LogP) is 4.66. The van der Waals surface area contributed by atoms with Crippen LogP contribution in [0.15, 0.2) is 0 Å². The van der Waals surface area contributed by atoms with Gasteiger partial charge in [-0.25, -0.2) is 0 Å². The Labute approximate surface area is 158 Å². The second kappa shape index (κ2) is 6.00. The number of benzene rings is 1. The molecule has 2 heterocycles. The van der Waals surface area contributed by atoms with E-state index >= 15 is 0 Å². The van der Waals surface area contributed by atoms with Crippen molar-refractivity contribution in [3.8, 4) is 0 Å². The number of rotatable bonds is 2. The first kappa shape index (κ1) is 19.2. The fourth-order valence-corrected chi connectivity index (χ4v) is 4.05. The molecule has 3 rings (SSSR count). The Morgan fingerprint density at radius 2 is 0.846 bits per heavy atom. The SMILES string of the molecule is CC1=[N+](c2c(C)c(C)c([N+]3=C(C)C(C)(C)OC3)c(C)c2C)COC1(C)C. The van der Waals surface area contributed by atoms with Crippen LogP contribution in [0.5, 0.6) is 0 Å². The Kier molecular flexibility index (Phi) is 4.44. The molecule has 1 aromatic rings. The number of hydrogen-bond acceptors (Lipinski definition) is 2. The smallest absolute Gasteiger partial charge is 0.254 e. The van der Waals surface area contributed by atoms with Crippen molar-refractivity contribution >= 4 is 22.8 Å². The molecule has 0 amide bonds. The minimum atomic E-state index is -0.212. The van der Waals surface area contributed by atoms with E-state index in [2.05, 4.69) is 78.4 Å². The van der Waals surface area contributed by atoms with Crippen molar-refractivity contribution in [2.75, 3.05) is 13.5 Å². The van der Waals surface area contributed by atoms with E-state index in [4.69, 9.17) is 9.47 Å². The summed E-state index contributed by atoms with van der Waals surface area (Å²) in [6.45, 7) is 23.1. The molecule has 0 radical (unpaired) electrons. The topological polar surface area (TPSA) is 24.5 Å². The average Bonchev–Trinajstić information content (AvgIpc) is 2.97. The molecular formula is C22H34N2O2+2. The molecule has 2 aliphatic heterocycles. The van der Waals surface area contributed by atoms with Crippen LogP contribution in [-0.4, -0.2) is 45.2 Å². The summed E-state index contributed by atoms with van der Waals surface area (Å²) < 4.78 is 16.8. The molecule has 0 aromatic heterocycles. The second-order valence-electron chi connectivity index (χ2n) is 8.79. The van der Waals surface area contributed by atoms with E-state index in [1.54, 1.807) is 0 Å². The van der Waals surface area contributed by atoms with Gasteiger partial charge in [0.05, 0.1) is 0 Å². The molecule has 0 fully saturated rings. The summed E-state index contributed by atoms with van der Waals surface area (Å²) in [6, 6.07) is 0. The first-order valence-corrected chi connectivity index (χ1v) is 9.51. The minimum Gasteiger partial charge on any atom is -0.306 e. The summed E-state index contributed by atoms with van der Waals surface area (Å²) in [7, 11) is 0. The van der Waals surface area contributed by atoms with Crippen molar-refractivity contribution < 1.29 is 18.6 Å². The number of nitrogens with zero attached hydrogens (tertiary/aromatic N) is 2. The highest BCUT2D eigenvalue weighted by Crippen LogP contribution is 2.40. The lowest BCUT2D eigenvalue weighted by Gasteiger charge is -2.15. The first-order chi connectivity index (χ1) is 11.9. The maximum atomic E-state index is 6.04. The van der Waals surface area contributed by atoms with Gasteiger partial charge in [-0.2, -0.15) is 9.15 Å². The minimum absolute atomic E-state index is 0.212. The van der Waals surface area contributed by atoms with Gasteiger partial charge in [-0.1, -0.05) is 0 Å². The number of ether oxygens (including phenoxy) is 2. The Bertz CT molecular complexity index is 757. The maximum Gasteiger partial charge on any atom is 0.254 e. The summed E-state index contributed by atoms with van der Waals surface area (Å²) in [5.41, 5.74) is 9.98. The summed E-state index contributed by atoms with van der Waals surface area (Å²) in [5.74, 6) is 0. The molecule has 0 aliphatic carbocycles. The molecule has 4 heteroatoms. The van der Waals surface area contributed by atoms with Crippen molar-refractivity contribution in [1.82, 2.24) is 0 Å². The zero-order valence-corrected chi connectivity index (χ0v) is 18.1. The Morgan fingerprint density at radius 3 is 1.04 bits per heavy atom. The Balaban J connectivity index is 2.27. The van der Waals surface area contributed by atoms with Gasteiger partial charge in [-0.15, -0.1) is 0 Å². The third-order valence-electron chi connectivity index (χ3n) is 6.75. The molecule has 0 saturated heterocycles. The first-order valence-electron chi connectivity index (χ1n) is 9.51. The van der Waals surface area contributed by atoms with Crippen LogP contribution in [0, 0.1) is 27.7 Å². The molecule has 0 unspecified atom stereocenters. The van der Waals surface area contributed by atoms with Crippen LogP contribution in [0.25, 0.3) is 0 Å². The van der Waals surface area contributed by atoms with Crippen molar-refractivity contribution in [2.45, 2.75) is 80.4 Å². The molecule has 2 aliphatic rings. The maximum absolute atomic E-state index is 6.04. The predicted molar refractivity (Wildman–Crippen MR) is 107 cm³/mol. The third kappa shape index (κ3) is 2.66. The summed E-state index contributed by atoms with van der Waals surface area (Å²) in [4.78, 5) is 0. The zero-order valence-electron chi connectivity index (χ0n) is 18.1. The van der Waals surface area contributed by atoms with Crippen LogP contribution >= 0.6 is 0 Å². The normalized spacial score (nSPS) is 21.9. The molecule has 0 atom stereocenters. The molecule has 142 valence electrons. The van der Waals surface area contributed by atoms with Crippen LogP contribution < -0.4 is 0 Å². The highest BCUT2D eigenvalue weighted by Gasteiger charge is 2.43. The van der Waals surface area contributed by atoms with Crippen LogP contribution in [0.1, 0.15) is 63.8 Å². The zero-order chi connectivity index (χ0) is 19.6. The summed E-state index contributed by atoms with van der Waals surface area (Å²) in [5, 5.41) is 0. The van der Waals surface area contributed by atoms with Gasteiger partial charge >= 0.3 is 0 Å². The van der Waals surface area contributed by atoms with Crippen molar-refractivity contribution in [1.29, 1.82) is 0 Å². The number of hydrogen-bond donors (Lipinski definition) is 0. The fraction of sp³-hybridized carbons (Fsp3) is 0.636. The Hall–Kier alpha value is -1.52. The van der Waals surface area contributed by atoms with Crippen molar-refractivity contribution in [3.05, 3.63) is 22.3 Å². The fourth-order valence-electron chi connectivity index (χ4n) is 4.05. The van der Waals surface area contributed by atoms with Gasteiger partial charge in [-0.3, -0.25) is 0 Å². The van der Waals surface area contributed by atoms with Gasteiger partial charge < -0.3 is 9.47 Å². The lowest BCUT2D eigenvalue weighted by Crippen LogP contribution is -2.29. The standard InChI is InChI=1S/C22H34N2O2/c1-13-14(2)20(24-12-26-22(9,10)18(24)6)16(4)15(3)19(13)23-11-25-21(7,8)17(23)5/h11-12H2,1-10H3/q+2. The van der Waals surface area contributed by atoms with Gasteiger partial charge in [0, 0.05) is 36.1 Å². The molecule has 26 heavy (non-hydrogen) atoms. The van der Waals surface area contributed by atoms with Crippen molar-refractivity contribution in [3.63, 3.8) is 0 Å². The second-order valence-corrected chi connectivity index (χ2v) is 8.79.